The Hall–Kier alpha value is -2.57. The van der Waals surface area contributed by atoms with Crippen LogP contribution in [-0.2, 0) is 19.8 Å². The molecule has 0 radical (unpaired) electrons. The minimum atomic E-state index is -0.369. The second-order valence-electron chi connectivity index (χ2n) is 9.88. The highest BCUT2D eigenvalue weighted by atomic mass is 16.6. The number of amides is 2. The Kier molecular flexibility index (Phi) is 8.92. The van der Waals surface area contributed by atoms with E-state index in [2.05, 4.69) is 10.1 Å². The predicted octanol–water partition coefficient (Wildman–Crippen LogP) is 5.03. The average molecular weight is 461 g/mol. The van der Waals surface area contributed by atoms with Gasteiger partial charge in [0.05, 0.1) is 18.2 Å². The van der Waals surface area contributed by atoms with Crippen molar-refractivity contribution in [3.63, 3.8) is 0 Å². The molecule has 0 atom stereocenters. The smallest absolute Gasteiger partial charge is 0.410 e. The molecule has 0 aromatic heterocycles. The molecule has 4 rings (SSSR count). The van der Waals surface area contributed by atoms with Gasteiger partial charge in [0.1, 0.15) is 5.60 Å². The molecule has 1 aromatic carbocycles. The SMILES string of the molecule is CC.CC(C)(C)OC(=O)N1CCC2(CC1)CC2.COC(=O)c1ccc(C2(NC=O)CC2)cc1. The number of hydrogen-bond donors (Lipinski definition) is 1. The van der Waals surface area contributed by atoms with Crippen LogP contribution < -0.4 is 5.32 Å². The number of ether oxygens (including phenoxy) is 2. The maximum Gasteiger partial charge on any atom is 0.410 e. The summed E-state index contributed by atoms with van der Waals surface area (Å²) in [6.45, 7) is 11.5. The molecular formula is C26H40N2O5. The number of methoxy groups -OCH3 is 1. The normalized spacial score (nSPS) is 19.0. The molecule has 2 amide bonds. The molecule has 1 aliphatic heterocycles. The van der Waals surface area contributed by atoms with Crippen molar-refractivity contribution in [2.24, 2.45) is 5.41 Å². The maximum atomic E-state index is 11.7. The van der Waals surface area contributed by atoms with E-state index in [-0.39, 0.29) is 23.2 Å². The lowest BCUT2D eigenvalue weighted by atomic mass is 9.94. The molecule has 2 saturated carbocycles. The molecule has 0 unspecified atom stereocenters. The molecule has 1 saturated heterocycles. The number of piperidine rings is 1. The van der Waals surface area contributed by atoms with Gasteiger partial charge in [0.25, 0.3) is 0 Å². The minimum absolute atomic E-state index is 0.141. The number of likely N-dealkylation sites (tertiary alicyclic amines) is 1. The average Bonchev–Trinajstić information content (AvgIpc) is 3.73. The lowest BCUT2D eigenvalue weighted by molar-refractivity contribution is -0.110. The van der Waals surface area contributed by atoms with Crippen molar-refractivity contribution in [1.82, 2.24) is 10.2 Å². The second kappa shape index (κ2) is 11.0. The van der Waals surface area contributed by atoms with E-state index in [4.69, 9.17) is 4.74 Å². The lowest BCUT2D eigenvalue weighted by Gasteiger charge is -2.33. The molecule has 3 fully saturated rings. The number of rotatable bonds is 4. The first-order chi connectivity index (χ1) is 15.6. The van der Waals surface area contributed by atoms with Gasteiger partial charge in [0, 0.05) is 13.1 Å². The molecule has 1 N–H and O–H groups in total. The number of hydrogen-bond acceptors (Lipinski definition) is 5. The first-order valence-electron chi connectivity index (χ1n) is 12.0. The number of nitrogens with zero attached hydrogens (tertiary/aromatic N) is 1. The fourth-order valence-electron chi connectivity index (χ4n) is 3.96. The summed E-state index contributed by atoms with van der Waals surface area (Å²) >= 11 is 0. The largest absolute Gasteiger partial charge is 0.465 e. The number of carbonyl (C=O) groups excluding carboxylic acids is 3. The van der Waals surface area contributed by atoms with Crippen molar-refractivity contribution in [1.29, 1.82) is 0 Å². The molecule has 2 aliphatic carbocycles. The highest BCUT2D eigenvalue weighted by Crippen LogP contribution is 2.53. The van der Waals surface area contributed by atoms with Gasteiger partial charge in [-0.05, 0) is 82.4 Å². The van der Waals surface area contributed by atoms with Crippen molar-refractivity contribution in [3.05, 3.63) is 35.4 Å². The zero-order valence-electron chi connectivity index (χ0n) is 21.0. The quantitative estimate of drug-likeness (QED) is 0.503. The Morgan fingerprint density at radius 1 is 0.970 bits per heavy atom. The number of esters is 1. The van der Waals surface area contributed by atoms with E-state index in [0.29, 0.717) is 11.0 Å². The van der Waals surface area contributed by atoms with Crippen LogP contribution in [0.4, 0.5) is 4.79 Å². The molecular weight excluding hydrogens is 420 g/mol. The predicted molar refractivity (Wildman–Crippen MR) is 128 cm³/mol. The Balaban J connectivity index is 0.000000218. The third kappa shape index (κ3) is 7.47. The van der Waals surface area contributed by atoms with Crippen LogP contribution in [0.3, 0.4) is 0 Å². The van der Waals surface area contributed by atoms with Crippen molar-refractivity contribution in [3.8, 4) is 0 Å². The van der Waals surface area contributed by atoms with Crippen molar-refractivity contribution in [2.45, 2.75) is 84.3 Å². The Labute approximate surface area is 198 Å². The highest BCUT2D eigenvalue weighted by Gasteiger charge is 2.45. The molecule has 0 bridgehead atoms. The van der Waals surface area contributed by atoms with E-state index in [1.54, 1.807) is 12.1 Å². The summed E-state index contributed by atoms with van der Waals surface area (Å²) in [6.07, 6.45) is 7.56. The van der Waals surface area contributed by atoms with Gasteiger partial charge >= 0.3 is 12.1 Å². The van der Waals surface area contributed by atoms with Crippen LogP contribution >= 0.6 is 0 Å². The summed E-state index contributed by atoms with van der Waals surface area (Å²) in [6, 6.07) is 7.15. The van der Waals surface area contributed by atoms with Crippen molar-refractivity contribution < 1.29 is 23.9 Å². The zero-order valence-corrected chi connectivity index (χ0v) is 21.0. The molecule has 3 aliphatic rings. The summed E-state index contributed by atoms with van der Waals surface area (Å²) in [4.78, 5) is 35.3. The fraction of sp³-hybridized carbons (Fsp3) is 0.654. The van der Waals surface area contributed by atoms with Crippen LogP contribution in [0.15, 0.2) is 24.3 Å². The van der Waals surface area contributed by atoms with Gasteiger partial charge in [-0.3, -0.25) is 4.79 Å². The van der Waals surface area contributed by atoms with E-state index >= 15 is 0 Å². The van der Waals surface area contributed by atoms with Crippen LogP contribution in [-0.4, -0.2) is 49.2 Å². The monoisotopic (exact) mass is 460 g/mol. The number of nitrogens with one attached hydrogen (secondary N) is 1. The number of carbonyl (C=O) groups is 3. The van der Waals surface area contributed by atoms with Gasteiger partial charge in [-0.2, -0.15) is 0 Å². The Morgan fingerprint density at radius 3 is 1.91 bits per heavy atom. The van der Waals surface area contributed by atoms with E-state index < -0.39 is 0 Å². The maximum absolute atomic E-state index is 11.7. The summed E-state index contributed by atoms with van der Waals surface area (Å²) in [5, 5.41) is 2.82. The molecule has 184 valence electrons. The van der Waals surface area contributed by atoms with Crippen molar-refractivity contribution >= 4 is 18.5 Å². The van der Waals surface area contributed by atoms with Crippen LogP contribution in [0.5, 0.6) is 0 Å². The van der Waals surface area contributed by atoms with Crippen LogP contribution in [0.2, 0.25) is 0 Å². The zero-order chi connectivity index (χ0) is 24.7. The van der Waals surface area contributed by atoms with Gasteiger partial charge in [0.15, 0.2) is 0 Å². The van der Waals surface area contributed by atoms with E-state index in [1.807, 2.05) is 51.7 Å². The third-order valence-corrected chi connectivity index (χ3v) is 6.38. The van der Waals surface area contributed by atoms with Crippen LogP contribution in [0, 0.1) is 5.41 Å². The third-order valence-electron chi connectivity index (χ3n) is 6.38. The Morgan fingerprint density at radius 2 is 1.52 bits per heavy atom. The molecule has 7 heteroatoms. The van der Waals surface area contributed by atoms with E-state index in [1.165, 1.54) is 32.8 Å². The summed E-state index contributed by atoms with van der Waals surface area (Å²) in [7, 11) is 1.35. The van der Waals surface area contributed by atoms with Gasteiger partial charge < -0.3 is 19.7 Å². The molecule has 1 spiro atoms. The summed E-state index contributed by atoms with van der Waals surface area (Å²) in [5.41, 5.74) is 1.61. The molecule has 1 aromatic rings. The topological polar surface area (TPSA) is 84.9 Å². The number of benzene rings is 1. The van der Waals surface area contributed by atoms with Crippen LogP contribution in [0.25, 0.3) is 0 Å². The fourth-order valence-corrected chi connectivity index (χ4v) is 3.96. The van der Waals surface area contributed by atoms with Crippen LogP contribution in [0.1, 0.15) is 89.1 Å². The van der Waals surface area contributed by atoms with Crippen molar-refractivity contribution in [2.75, 3.05) is 20.2 Å². The van der Waals surface area contributed by atoms with Gasteiger partial charge in [-0.25, -0.2) is 9.59 Å². The molecule has 1 heterocycles. The molecule has 33 heavy (non-hydrogen) atoms. The van der Waals surface area contributed by atoms with Gasteiger partial charge in [-0.1, -0.05) is 26.0 Å². The van der Waals surface area contributed by atoms with E-state index in [9.17, 15) is 14.4 Å². The van der Waals surface area contributed by atoms with Gasteiger partial charge in [-0.15, -0.1) is 0 Å². The highest BCUT2D eigenvalue weighted by molar-refractivity contribution is 5.89. The first-order valence-corrected chi connectivity index (χ1v) is 12.0. The first kappa shape index (κ1) is 26.7. The second-order valence-corrected chi connectivity index (χ2v) is 9.88. The molecule has 7 nitrogen and oxygen atoms in total. The van der Waals surface area contributed by atoms with E-state index in [0.717, 1.165) is 37.9 Å². The minimum Gasteiger partial charge on any atom is -0.465 e. The van der Waals surface area contributed by atoms with Gasteiger partial charge in [0.2, 0.25) is 6.41 Å². The summed E-state index contributed by atoms with van der Waals surface area (Å²) < 4.78 is 9.97. The summed E-state index contributed by atoms with van der Waals surface area (Å²) in [5.74, 6) is -0.347. The Bertz CT molecular complexity index is 795. The lowest BCUT2D eigenvalue weighted by Crippen LogP contribution is -2.42. The standard InChI is InChI=1S/C12H13NO3.C12H21NO2.C2H6/c1-16-11(15)9-2-4-10(5-3-9)12(6-7-12)13-8-14;1-11(2,3)15-10(14)13-8-6-12(4-5-12)7-9-13;1-2/h2-5,8H,6-7H2,1H3,(H,13,14);4-9H2,1-3H3;1-2H3.